The molecule has 0 saturated heterocycles. The summed E-state index contributed by atoms with van der Waals surface area (Å²) in [6.45, 7) is 2.26. The van der Waals surface area contributed by atoms with Crippen LogP contribution in [-0.4, -0.2) is 5.91 Å². The molecule has 1 aromatic rings. The summed E-state index contributed by atoms with van der Waals surface area (Å²) in [5.74, 6) is -0.105. The zero-order chi connectivity index (χ0) is 9.52. The minimum Gasteiger partial charge on any atom is -0.348 e. The van der Waals surface area contributed by atoms with Crippen LogP contribution in [0.3, 0.4) is 0 Å². The molecule has 2 heteroatoms. The molecule has 0 fully saturated rings. The number of carbonyl (C=O) groups excluding carboxylic acids is 1. The minimum atomic E-state index is -0.105. The lowest BCUT2D eigenvalue weighted by atomic mass is 10.2. The molecule has 2 nitrogen and oxygen atoms in total. The maximum absolute atomic E-state index is 11.0. The van der Waals surface area contributed by atoms with E-state index in [1.54, 1.807) is 6.92 Å². The van der Waals surface area contributed by atoms with Crippen molar-refractivity contribution in [1.29, 1.82) is 0 Å². The Labute approximate surface area is 78.3 Å². The molecule has 0 spiro atoms. The van der Waals surface area contributed by atoms with E-state index < -0.39 is 0 Å². The Morgan fingerprint density at radius 2 is 2.15 bits per heavy atom. The zero-order valence-corrected chi connectivity index (χ0v) is 7.58. The molecule has 13 heavy (non-hydrogen) atoms. The molecule has 0 atom stereocenters. The van der Waals surface area contributed by atoms with E-state index in [4.69, 9.17) is 0 Å². The van der Waals surface area contributed by atoms with Gasteiger partial charge in [-0.05, 0) is 18.6 Å². The molecule has 1 rings (SSSR count). The number of hydrogen-bond acceptors (Lipinski definition) is 1. The maximum Gasteiger partial charge on any atom is 0.244 e. The van der Waals surface area contributed by atoms with E-state index in [1.807, 2.05) is 30.3 Å². The van der Waals surface area contributed by atoms with Gasteiger partial charge in [0.1, 0.15) is 0 Å². The van der Waals surface area contributed by atoms with Crippen molar-refractivity contribution >= 4 is 5.91 Å². The van der Waals surface area contributed by atoms with Crippen LogP contribution >= 0.6 is 0 Å². The molecule has 0 heterocycles. The number of carbonyl (C=O) groups is 1. The molecule has 0 aromatic heterocycles. The van der Waals surface area contributed by atoms with Crippen LogP contribution in [0.5, 0.6) is 0 Å². The van der Waals surface area contributed by atoms with Gasteiger partial charge in [-0.2, -0.15) is 0 Å². The molecule has 1 radical (unpaired) electrons. The summed E-state index contributed by atoms with van der Waals surface area (Å²) in [5.41, 5.74) is 1.10. The summed E-state index contributed by atoms with van der Waals surface area (Å²) in [6, 6.07) is 9.79. The predicted octanol–water partition coefficient (Wildman–Crippen LogP) is 1.68. The van der Waals surface area contributed by atoms with Crippen LogP contribution in [-0.2, 0) is 11.3 Å². The first-order valence-electron chi connectivity index (χ1n) is 4.15. The fraction of sp³-hybridized carbons (Fsp3) is 0.182. The van der Waals surface area contributed by atoms with E-state index in [2.05, 4.69) is 11.4 Å². The van der Waals surface area contributed by atoms with Gasteiger partial charge in [-0.25, -0.2) is 0 Å². The highest BCUT2D eigenvalue weighted by molar-refractivity contribution is 5.86. The van der Waals surface area contributed by atoms with Crippen LogP contribution < -0.4 is 5.32 Å². The summed E-state index contributed by atoms with van der Waals surface area (Å²) in [6.07, 6.45) is 4.06. The summed E-state index contributed by atoms with van der Waals surface area (Å²) >= 11 is 0. The number of amides is 1. The molecule has 0 aliphatic rings. The second kappa shape index (κ2) is 5.14. The first kappa shape index (κ1) is 9.52. The second-order valence-electron chi connectivity index (χ2n) is 2.64. The summed E-state index contributed by atoms with van der Waals surface area (Å²) in [4.78, 5) is 11.0. The van der Waals surface area contributed by atoms with Crippen LogP contribution in [0.1, 0.15) is 12.5 Å². The van der Waals surface area contributed by atoms with E-state index in [-0.39, 0.29) is 5.91 Å². The molecule has 0 bridgehead atoms. The van der Waals surface area contributed by atoms with Gasteiger partial charge < -0.3 is 5.32 Å². The standard InChI is InChI=1S/C11H12NO/c1-2-6-11(13)12-9-10-7-4-3-5-8-10/h3-8H,9H2,1H3,(H,12,13). The van der Waals surface area contributed by atoms with Crippen molar-refractivity contribution in [2.24, 2.45) is 0 Å². The van der Waals surface area contributed by atoms with Crippen molar-refractivity contribution in [2.75, 3.05) is 0 Å². The molecular weight excluding hydrogens is 162 g/mol. The van der Waals surface area contributed by atoms with Gasteiger partial charge in [0.2, 0.25) is 5.91 Å². The summed E-state index contributed by atoms with van der Waals surface area (Å²) in [5, 5.41) is 2.74. The van der Waals surface area contributed by atoms with Crippen molar-refractivity contribution in [3.8, 4) is 0 Å². The third kappa shape index (κ3) is 3.56. The average molecular weight is 174 g/mol. The minimum absolute atomic E-state index is 0.105. The Balaban J connectivity index is 2.40. The zero-order valence-electron chi connectivity index (χ0n) is 7.58. The lowest BCUT2D eigenvalue weighted by molar-refractivity contribution is -0.116. The van der Waals surface area contributed by atoms with Crippen LogP contribution in [0.15, 0.2) is 36.4 Å². The Morgan fingerprint density at radius 3 is 2.77 bits per heavy atom. The fourth-order valence-electron chi connectivity index (χ4n) is 0.967. The van der Waals surface area contributed by atoms with Crippen LogP contribution in [0, 0.1) is 6.08 Å². The quantitative estimate of drug-likeness (QED) is 0.694. The number of allylic oxidation sites excluding steroid dienone is 1. The molecule has 0 unspecified atom stereocenters. The third-order valence-corrected chi connectivity index (χ3v) is 1.58. The Morgan fingerprint density at radius 1 is 1.46 bits per heavy atom. The Kier molecular flexibility index (Phi) is 3.76. The van der Waals surface area contributed by atoms with E-state index in [9.17, 15) is 4.79 Å². The molecule has 0 saturated carbocycles. The predicted molar refractivity (Wildman–Crippen MR) is 51.8 cm³/mol. The van der Waals surface area contributed by atoms with Crippen LogP contribution in [0.4, 0.5) is 0 Å². The van der Waals surface area contributed by atoms with E-state index in [0.29, 0.717) is 6.54 Å². The monoisotopic (exact) mass is 174 g/mol. The highest BCUT2D eigenvalue weighted by atomic mass is 16.1. The second-order valence-corrected chi connectivity index (χ2v) is 2.64. The Bertz CT molecular complexity index is 290. The average Bonchev–Trinajstić information content (AvgIpc) is 2.17. The highest BCUT2D eigenvalue weighted by Gasteiger charge is 1.94. The molecule has 0 aliphatic heterocycles. The van der Waals surface area contributed by atoms with Crippen molar-refractivity contribution < 1.29 is 4.79 Å². The SMILES string of the molecule is C/[C]=C\C(=O)NCc1ccccc1. The van der Waals surface area contributed by atoms with Crippen molar-refractivity contribution in [3.05, 3.63) is 48.0 Å². The van der Waals surface area contributed by atoms with Crippen molar-refractivity contribution in [1.82, 2.24) is 5.32 Å². The Hall–Kier alpha value is -1.57. The van der Waals surface area contributed by atoms with E-state index in [0.717, 1.165) is 5.56 Å². The molecule has 1 aromatic carbocycles. The molecule has 67 valence electrons. The molecule has 1 amide bonds. The van der Waals surface area contributed by atoms with Crippen molar-refractivity contribution in [3.63, 3.8) is 0 Å². The van der Waals surface area contributed by atoms with Gasteiger partial charge in [-0.1, -0.05) is 30.3 Å². The van der Waals surface area contributed by atoms with Crippen LogP contribution in [0.25, 0.3) is 0 Å². The maximum atomic E-state index is 11.0. The molecule has 1 N–H and O–H groups in total. The molecular formula is C11H12NO. The number of benzene rings is 1. The van der Waals surface area contributed by atoms with Gasteiger partial charge >= 0.3 is 0 Å². The number of hydrogen-bond donors (Lipinski definition) is 1. The normalized spacial score (nSPS) is 10.2. The lowest BCUT2D eigenvalue weighted by Gasteiger charge is -2.00. The smallest absolute Gasteiger partial charge is 0.244 e. The van der Waals surface area contributed by atoms with Gasteiger partial charge in [-0.3, -0.25) is 4.79 Å². The number of nitrogens with one attached hydrogen (secondary N) is 1. The lowest BCUT2D eigenvalue weighted by Crippen LogP contribution is -2.20. The van der Waals surface area contributed by atoms with E-state index in [1.165, 1.54) is 6.08 Å². The number of rotatable bonds is 3. The van der Waals surface area contributed by atoms with Crippen LogP contribution in [0.2, 0.25) is 0 Å². The fourth-order valence-corrected chi connectivity index (χ4v) is 0.967. The van der Waals surface area contributed by atoms with Gasteiger partial charge in [0, 0.05) is 12.6 Å². The summed E-state index contributed by atoms with van der Waals surface area (Å²) < 4.78 is 0. The van der Waals surface area contributed by atoms with Gasteiger partial charge in [0.15, 0.2) is 0 Å². The third-order valence-electron chi connectivity index (χ3n) is 1.58. The van der Waals surface area contributed by atoms with Gasteiger partial charge in [0.25, 0.3) is 0 Å². The first-order valence-corrected chi connectivity index (χ1v) is 4.15. The summed E-state index contributed by atoms with van der Waals surface area (Å²) in [7, 11) is 0. The topological polar surface area (TPSA) is 29.1 Å². The van der Waals surface area contributed by atoms with Gasteiger partial charge in [0.05, 0.1) is 0 Å². The highest BCUT2D eigenvalue weighted by Crippen LogP contribution is 1.96. The first-order chi connectivity index (χ1) is 6.33. The largest absolute Gasteiger partial charge is 0.348 e. The molecule has 0 aliphatic carbocycles. The van der Waals surface area contributed by atoms with E-state index >= 15 is 0 Å². The van der Waals surface area contributed by atoms with Gasteiger partial charge in [-0.15, -0.1) is 0 Å². The van der Waals surface area contributed by atoms with Crippen molar-refractivity contribution in [2.45, 2.75) is 13.5 Å².